The molecule has 6 heteroatoms. The maximum atomic E-state index is 12.5. The van der Waals surface area contributed by atoms with Crippen LogP contribution in [-0.2, 0) is 9.59 Å². The summed E-state index contributed by atoms with van der Waals surface area (Å²) in [5.74, 6) is -0.774. The molecule has 112 valence electrons. The van der Waals surface area contributed by atoms with Crippen molar-refractivity contribution in [1.29, 1.82) is 0 Å². The van der Waals surface area contributed by atoms with Crippen molar-refractivity contribution < 1.29 is 19.4 Å². The van der Waals surface area contributed by atoms with E-state index < -0.39 is 18.0 Å². The molecule has 0 spiro atoms. The summed E-state index contributed by atoms with van der Waals surface area (Å²) in [6.07, 6.45) is 0.762. The summed E-state index contributed by atoms with van der Waals surface area (Å²) in [5.41, 5.74) is 0.878. The lowest BCUT2D eigenvalue weighted by Gasteiger charge is -2.35. The molecule has 0 aromatic heterocycles. The highest BCUT2D eigenvalue weighted by atomic mass is 16.5. The van der Waals surface area contributed by atoms with E-state index in [-0.39, 0.29) is 12.5 Å². The molecular weight excluding hydrogens is 272 g/mol. The summed E-state index contributed by atoms with van der Waals surface area (Å²) >= 11 is 0. The number of carboxylic acid groups (broad SMARTS) is 1. The second-order valence-corrected chi connectivity index (χ2v) is 5.45. The van der Waals surface area contributed by atoms with Crippen LogP contribution in [0.15, 0.2) is 24.3 Å². The molecule has 1 saturated heterocycles. The smallest absolute Gasteiger partial charge is 0.308 e. The number of nitrogens with one attached hydrogen (secondary N) is 1. The van der Waals surface area contributed by atoms with E-state index in [2.05, 4.69) is 5.32 Å². The second kappa shape index (κ2) is 5.63. The molecule has 0 saturated carbocycles. The summed E-state index contributed by atoms with van der Waals surface area (Å²) in [6, 6.07) is 7.48. The number of likely N-dealkylation sites (tertiary alicyclic amines) is 1. The Kier molecular flexibility index (Phi) is 3.68. The number of carbonyl (C=O) groups is 2. The summed E-state index contributed by atoms with van der Waals surface area (Å²) in [6.45, 7) is 1.28. The molecule has 0 radical (unpaired) electrons. The Hall–Kier alpha value is -2.24. The first-order valence-corrected chi connectivity index (χ1v) is 7.16. The van der Waals surface area contributed by atoms with Gasteiger partial charge in [-0.3, -0.25) is 9.59 Å². The molecule has 0 aliphatic carbocycles. The van der Waals surface area contributed by atoms with Crippen molar-refractivity contribution in [3.63, 3.8) is 0 Å². The van der Waals surface area contributed by atoms with Gasteiger partial charge in [0.2, 0.25) is 0 Å². The Bertz CT molecular complexity index is 560. The molecule has 1 amide bonds. The number of benzene rings is 1. The molecule has 2 unspecified atom stereocenters. The maximum Gasteiger partial charge on any atom is 0.308 e. The molecule has 2 aliphatic heterocycles. The predicted octanol–water partition coefficient (Wildman–Crippen LogP) is 1.18. The predicted molar refractivity (Wildman–Crippen MR) is 76.3 cm³/mol. The molecule has 21 heavy (non-hydrogen) atoms. The van der Waals surface area contributed by atoms with Gasteiger partial charge in [0.25, 0.3) is 5.91 Å². The Morgan fingerprint density at radius 2 is 2.14 bits per heavy atom. The van der Waals surface area contributed by atoms with E-state index in [1.54, 1.807) is 4.90 Å². The van der Waals surface area contributed by atoms with Crippen LogP contribution < -0.4 is 10.1 Å². The van der Waals surface area contributed by atoms with E-state index >= 15 is 0 Å². The Morgan fingerprint density at radius 3 is 2.95 bits per heavy atom. The van der Waals surface area contributed by atoms with Gasteiger partial charge in [-0.25, -0.2) is 0 Å². The third kappa shape index (κ3) is 2.79. The summed E-state index contributed by atoms with van der Waals surface area (Å²) in [7, 11) is 0. The van der Waals surface area contributed by atoms with Gasteiger partial charge in [-0.15, -0.1) is 0 Å². The number of carboxylic acids is 1. The van der Waals surface area contributed by atoms with E-state index in [1.807, 2.05) is 24.3 Å². The van der Waals surface area contributed by atoms with Crippen LogP contribution in [0.4, 0.5) is 5.69 Å². The van der Waals surface area contributed by atoms with Crippen molar-refractivity contribution in [2.24, 2.45) is 5.92 Å². The molecule has 1 fully saturated rings. The van der Waals surface area contributed by atoms with Crippen LogP contribution in [0.25, 0.3) is 0 Å². The minimum atomic E-state index is -0.833. The van der Waals surface area contributed by atoms with Gasteiger partial charge in [-0.05, 0) is 25.0 Å². The SMILES string of the molecule is O=C(O)C1CCCN(C(=O)C2CNc3ccccc3O2)C1. The average Bonchev–Trinajstić information content (AvgIpc) is 2.53. The lowest BCUT2D eigenvalue weighted by atomic mass is 9.98. The molecule has 6 nitrogen and oxygen atoms in total. The highest BCUT2D eigenvalue weighted by Gasteiger charge is 2.34. The largest absolute Gasteiger partial charge is 0.481 e. The number of amides is 1. The van der Waals surface area contributed by atoms with Gasteiger partial charge in [0, 0.05) is 13.1 Å². The topological polar surface area (TPSA) is 78.9 Å². The zero-order valence-electron chi connectivity index (χ0n) is 11.6. The number of carbonyl (C=O) groups excluding carboxylic acids is 1. The van der Waals surface area contributed by atoms with Crippen molar-refractivity contribution >= 4 is 17.6 Å². The fraction of sp³-hybridized carbons (Fsp3) is 0.467. The van der Waals surface area contributed by atoms with Gasteiger partial charge in [-0.2, -0.15) is 0 Å². The number of piperidine rings is 1. The minimum Gasteiger partial charge on any atom is -0.481 e. The second-order valence-electron chi connectivity index (χ2n) is 5.45. The quantitative estimate of drug-likeness (QED) is 0.855. The van der Waals surface area contributed by atoms with E-state index in [0.29, 0.717) is 25.3 Å². The Labute approximate surface area is 122 Å². The van der Waals surface area contributed by atoms with Gasteiger partial charge in [0.05, 0.1) is 18.2 Å². The van der Waals surface area contributed by atoms with Gasteiger partial charge < -0.3 is 20.1 Å². The molecule has 2 N–H and O–H groups in total. The molecule has 0 bridgehead atoms. The highest BCUT2D eigenvalue weighted by molar-refractivity contribution is 5.84. The van der Waals surface area contributed by atoms with E-state index in [1.165, 1.54) is 0 Å². The maximum absolute atomic E-state index is 12.5. The van der Waals surface area contributed by atoms with Crippen LogP contribution in [-0.4, -0.2) is 47.6 Å². The van der Waals surface area contributed by atoms with Crippen molar-refractivity contribution in [3.8, 4) is 5.75 Å². The normalized spacial score (nSPS) is 24.5. The zero-order valence-corrected chi connectivity index (χ0v) is 11.6. The Morgan fingerprint density at radius 1 is 1.33 bits per heavy atom. The van der Waals surface area contributed by atoms with Crippen molar-refractivity contribution in [3.05, 3.63) is 24.3 Å². The Balaban J connectivity index is 1.67. The van der Waals surface area contributed by atoms with Crippen LogP contribution in [0.5, 0.6) is 5.75 Å². The number of ether oxygens (including phenoxy) is 1. The number of rotatable bonds is 2. The molecular formula is C15H18N2O4. The van der Waals surface area contributed by atoms with Gasteiger partial charge in [0.1, 0.15) is 5.75 Å². The fourth-order valence-electron chi connectivity index (χ4n) is 2.83. The van der Waals surface area contributed by atoms with E-state index in [4.69, 9.17) is 9.84 Å². The van der Waals surface area contributed by atoms with Crippen LogP contribution >= 0.6 is 0 Å². The lowest BCUT2D eigenvalue weighted by Crippen LogP contribution is -2.51. The van der Waals surface area contributed by atoms with Gasteiger partial charge in [-0.1, -0.05) is 12.1 Å². The molecule has 3 rings (SSSR count). The number of para-hydroxylation sites is 2. The zero-order chi connectivity index (χ0) is 14.8. The molecule has 2 heterocycles. The number of hydrogen-bond donors (Lipinski definition) is 2. The van der Waals surface area contributed by atoms with Crippen LogP contribution in [0.2, 0.25) is 0 Å². The first-order valence-electron chi connectivity index (χ1n) is 7.16. The third-order valence-electron chi connectivity index (χ3n) is 3.99. The van der Waals surface area contributed by atoms with Crippen molar-refractivity contribution in [1.82, 2.24) is 4.90 Å². The van der Waals surface area contributed by atoms with Crippen LogP contribution in [0.3, 0.4) is 0 Å². The van der Waals surface area contributed by atoms with Crippen LogP contribution in [0, 0.1) is 5.92 Å². The summed E-state index contributed by atoms with van der Waals surface area (Å²) in [4.78, 5) is 25.2. The number of aliphatic carboxylic acids is 1. The third-order valence-corrected chi connectivity index (χ3v) is 3.99. The molecule has 2 aliphatic rings. The monoisotopic (exact) mass is 290 g/mol. The first kappa shape index (κ1) is 13.7. The van der Waals surface area contributed by atoms with Crippen molar-refractivity contribution in [2.75, 3.05) is 25.0 Å². The number of nitrogens with zero attached hydrogens (tertiary/aromatic N) is 1. The molecule has 1 aromatic carbocycles. The summed E-state index contributed by atoms with van der Waals surface area (Å²) in [5, 5.41) is 12.3. The van der Waals surface area contributed by atoms with Crippen LogP contribution in [0.1, 0.15) is 12.8 Å². The molecule has 2 atom stereocenters. The average molecular weight is 290 g/mol. The number of fused-ring (bicyclic) bond motifs is 1. The van der Waals surface area contributed by atoms with E-state index in [9.17, 15) is 9.59 Å². The highest BCUT2D eigenvalue weighted by Crippen LogP contribution is 2.29. The minimum absolute atomic E-state index is 0.136. The van der Waals surface area contributed by atoms with Crippen molar-refractivity contribution in [2.45, 2.75) is 18.9 Å². The summed E-state index contributed by atoms with van der Waals surface area (Å²) < 4.78 is 5.74. The fourth-order valence-corrected chi connectivity index (χ4v) is 2.83. The number of hydrogen-bond acceptors (Lipinski definition) is 4. The lowest BCUT2D eigenvalue weighted by molar-refractivity contribution is -0.147. The first-order chi connectivity index (χ1) is 10.1. The van der Waals surface area contributed by atoms with E-state index in [0.717, 1.165) is 12.1 Å². The standard InChI is InChI=1S/C15H18N2O4/c18-14(17-7-3-4-10(9-17)15(19)20)13-8-16-11-5-1-2-6-12(11)21-13/h1-2,5-6,10,13,16H,3-4,7-9H2,(H,19,20). The van der Waals surface area contributed by atoms with Gasteiger partial charge in [0.15, 0.2) is 6.10 Å². The molecule has 1 aromatic rings. The number of anilines is 1. The van der Waals surface area contributed by atoms with Gasteiger partial charge >= 0.3 is 5.97 Å².